The molecule has 5 aromatic rings. The Kier molecular flexibility index (Phi) is 4.06. The number of nitrogens with one attached hydrogen (secondary N) is 3. The normalized spacial score (nSPS) is 14.1. The summed E-state index contributed by atoms with van der Waals surface area (Å²) in [5.41, 5.74) is 6.23. The van der Waals surface area contributed by atoms with Gasteiger partial charge in [-0.15, -0.1) is 0 Å². The molecule has 4 aromatic heterocycles. The monoisotopic (exact) mass is 408 g/mol. The zero-order valence-corrected chi connectivity index (χ0v) is 16.7. The van der Waals surface area contributed by atoms with Crippen molar-refractivity contribution in [3.8, 4) is 22.5 Å². The minimum atomic E-state index is 0.0881. The lowest BCUT2D eigenvalue weighted by Gasteiger charge is -2.24. The number of nitrogens with zero attached hydrogens (tertiary/aromatic N) is 3. The predicted octanol–water partition coefficient (Wildman–Crippen LogP) is 4.91. The van der Waals surface area contributed by atoms with Crippen LogP contribution in [0.15, 0.2) is 61.1 Å². The largest absolute Gasteiger partial charge is 0.338 e. The summed E-state index contributed by atoms with van der Waals surface area (Å²) in [6.45, 7) is 0. The van der Waals surface area contributed by atoms with Gasteiger partial charge in [0.05, 0.1) is 23.1 Å². The van der Waals surface area contributed by atoms with Crippen molar-refractivity contribution in [1.29, 1.82) is 0 Å². The second kappa shape index (κ2) is 7.05. The van der Waals surface area contributed by atoms with Crippen molar-refractivity contribution in [3.63, 3.8) is 0 Å². The number of anilines is 1. The molecular formula is C24H20N6O. The van der Waals surface area contributed by atoms with Gasteiger partial charge in [-0.2, -0.15) is 5.10 Å². The summed E-state index contributed by atoms with van der Waals surface area (Å²) in [6, 6.07) is 14.1. The molecule has 152 valence electrons. The number of rotatable bonds is 4. The van der Waals surface area contributed by atoms with E-state index in [0.717, 1.165) is 69.4 Å². The standard InChI is InChI=1S/C24H20N6O/c31-24(14-3-1-4-14)27-18-9-17(12-25-13-18)15-6-7-20-19(10-15)22(30-29-20)21-11-16-5-2-8-26-23(16)28-21/h2,5-14H,1,3-4H2,(H,26,28)(H,27,31)(H,29,30). The highest BCUT2D eigenvalue weighted by Crippen LogP contribution is 2.32. The number of hydrogen-bond acceptors (Lipinski definition) is 4. The Balaban J connectivity index is 1.37. The van der Waals surface area contributed by atoms with Gasteiger partial charge in [0.15, 0.2) is 0 Å². The number of hydrogen-bond donors (Lipinski definition) is 3. The molecule has 0 spiro atoms. The van der Waals surface area contributed by atoms with Gasteiger partial charge in [-0.05, 0) is 54.8 Å². The third-order valence-electron chi connectivity index (χ3n) is 6.02. The molecule has 0 aliphatic heterocycles. The van der Waals surface area contributed by atoms with Gasteiger partial charge in [0, 0.05) is 34.6 Å². The molecule has 6 rings (SSSR count). The molecule has 0 radical (unpaired) electrons. The van der Waals surface area contributed by atoms with Crippen LogP contribution in [0, 0.1) is 5.92 Å². The van der Waals surface area contributed by atoms with E-state index in [1.807, 2.05) is 36.5 Å². The average Bonchev–Trinajstić information content (AvgIpc) is 3.36. The van der Waals surface area contributed by atoms with Gasteiger partial charge in [-0.25, -0.2) is 4.98 Å². The van der Waals surface area contributed by atoms with E-state index in [0.29, 0.717) is 0 Å². The zero-order valence-electron chi connectivity index (χ0n) is 16.7. The zero-order chi connectivity index (χ0) is 20.8. The average molecular weight is 408 g/mol. The fourth-order valence-electron chi connectivity index (χ4n) is 4.07. The van der Waals surface area contributed by atoms with Crippen LogP contribution in [0.5, 0.6) is 0 Å². The smallest absolute Gasteiger partial charge is 0.227 e. The minimum absolute atomic E-state index is 0.0881. The van der Waals surface area contributed by atoms with E-state index >= 15 is 0 Å². The molecule has 1 aliphatic carbocycles. The first-order valence-electron chi connectivity index (χ1n) is 10.4. The number of pyridine rings is 2. The summed E-state index contributed by atoms with van der Waals surface area (Å²) < 4.78 is 0. The molecule has 7 nitrogen and oxygen atoms in total. The molecule has 0 bridgehead atoms. The maximum atomic E-state index is 12.3. The van der Waals surface area contributed by atoms with Crippen LogP contribution in [0.25, 0.3) is 44.5 Å². The van der Waals surface area contributed by atoms with Gasteiger partial charge in [-0.3, -0.25) is 14.9 Å². The van der Waals surface area contributed by atoms with Crippen LogP contribution in [0.1, 0.15) is 19.3 Å². The van der Waals surface area contributed by atoms with E-state index in [1.54, 1.807) is 12.4 Å². The summed E-state index contributed by atoms with van der Waals surface area (Å²) in [6.07, 6.45) is 8.36. The highest BCUT2D eigenvalue weighted by molar-refractivity contribution is 5.97. The number of fused-ring (bicyclic) bond motifs is 2. The maximum Gasteiger partial charge on any atom is 0.227 e. The van der Waals surface area contributed by atoms with Gasteiger partial charge in [0.25, 0.3) is 0 Å². The summed E-state index contributed by atoms with van der Waals surface area (Å²) in [5.74, 6) is 0.226. The van der Waals surface area contributed by atoms with Gasteiger partial charge >= 0.3 is 0 Å². The molecule has 1 aliphatic rings. The maximum absolute atomic E-state index is 12.3. The fraction of sp³-hybridized carbons (Fsp3) is 0.167. The second-order valence-electron chi connectivity index (χ2n) is 8.04. The first-order valence-corrected chi connectivity index (χ1v) is 10.4. The topological polar surface area (TPSA) is 99.3 Å². The van der Waals surface area contributed by atoms with Crippen molar-refractivity contribution in [2.24, 2.45) is 5.92 Å². The number of carbonyl (C=O) groups excluding carboxylic acids is 1. The van der Waals surface area contributed by atoms with Crippen LogP contribution in [-0.4, -0.2) is 31.1 Å². The molecule has 0 unspecified atom stereocenters. The Bertz CT molecular complexity index is 1400. The van der Waals surface area contributed by atoms with E-state index in [9.17, 15) is 4.79 Å². The second-order valence-corrected chi connectivity index (χ2v) is 8.04. The molecule has 1 aromatic carbocycles. The number of benzene rings is 1. The quantitative estimate of drug-likeness (QED) is 0.393. The Morgan fingerprint density at radius 1 is 1.06 bits per heavy atom. The van der Waals surface area contributed by atoms with Crippen molar-refractivity contribution in [1.82, 2.24) is 25.1 Å². The summed E-state index contributed by atoms with van der Waals surface area (Å²) in [4.78, 5) is 24.4. The predicted molar refractivity (Wildman–Crippen MR) is 120 cm³/mol. The number of carbonyl (C=O) groups is 1. The SMILES string of the molecule is O=C(Nc1cncc(-c2ccc3[nH]nc(-c4cc5cccnc5[nH]4)c3c2)c1)C1CCC1. The van der Waals surface area contributed by atoms with E-state index < -0.39 is 0 Å². The summed E-state index contributed by atoms with van der Waals surface area (Å²) in [5, 5.41) is 12.7. The molecule has 0 atom stereocenters. The Labute approximate surface area is 177 Å². The van der Waals surface area contributed by atoms with Crippen molar-refractivity contribution in [3.05, 3.63) is 61.1 Å². The molecule has 1 fully saturated rings. The van der Waals surface area contributed by atoms with Crippen LogP contribution < -0.4 is 5.32 Å². The molecule has 1 saturated carbocycles. The highest BCUT2D eigenvalue weighted by Gasteiger charge is 2.25. The molecule has 4 heterocycles. The lowest BCUT2D eigenvalue weighted by Crippen LogP contribution is -2.28. The Morgan fingerprint density at radius 2 is 2.00 bits per heavy atom. The molecule has 3 N–H and O–H groups in total. The first-order chi connectivity index (χ1) is 15.2. The molecule has 7 heteroatoms. The van der Waals surface area contributed by atoms with Crippen molar-refractivity contribution in [2.75, 3.05) is 5.32 Å². The Morgan fingerprint density at radius 3 is 2.84 bits per heavy atom. The van der Waals surface area contributed by atoms with E-state index in [1.165, 1.54) is 0 Å². The first kappa shape index (κ1) is 17.8. The lowest BCUT2D eigenvalue weighted by atomic mass is 9.85. The number of aromatic nitrogens is 5. The molecule has 0 saturated heterocycles. The minimum Gasteiger partial charge on any atom is -0.338 e. The molecule has 31 heavy (non-hydrogen) atoms. The van der Waals surface area contributed by atoms with Crippen molar-refractivity contribution in [2.45, 2.75) is 19.3 Å². The van der Waals surface area contributed by atoms with Crippen LogP contribution >= 0.6 is 0 Å². The Hall–Kier alpha value is -4.00. The summed E-state index contributed by atoms with van der Waals surface area (Å²) >= 11 is 0. The van der Waals surface area contributed by atoms with Gasteiger partial charge in [0.2, 0.25) is 5.91 Å². The van der Waals surface area contributed by atoms with Crippen LogP contribution in [0.2, 0.25) is 0 Å². The van der Waals surface area contributed by atoms with Gasteiger partial charge in [0.1, 0.15) is 11.3 Å². The number of H-pyrrole nitrogens is 2. The molecule has 1 amide bonds. The fourth-order valence-corrected chi connectivity index (χ4v) is 4.07. The summed E-state index contributed by atoms with van der Waals surface area (Å²) in [7, 11) is 0. The van der Waals surface area contributed by atoms with Crippen LogP contribution in [0.4, 0.5) is 5.69 Å². The molecular weight excluding hydrogens is 388 g/mol. The van der Waals surface area contributed by atoms with E-state index in [4.69, 9.17) is 0 Å². The van der Waals surface area contributed by atoms with Crippen molar-refractivity contribution < 1.29 is 4.79 Å². The van der Waals surface area contributed by atoms with Crippen molar-refractivity contribution >= 4 is 33.5 Å². The number of amides is 1. The van der Waals surface area contributed by atoms with E-state index in [-0.39, 0.29) is 11.8 Å². The van der Waals surface area contributed by atoms with E-state index in [2.05, 4.69) is 42.6 Å². The van der Waals surface area contributed by atoms with Crippen LogP contribution in [0.3, 0.4) is 0 Å². The lowest BCUT2D eigenvalue weighted by molar-refractivity contribution is -0.122. The van der Waals surface area contributed by atoms with Gasteiger partial charge in [-0.1, -0.05) is 12.5 Å². The third-order valence-corrected chi connectivity index (χ3v) is 6.02. The number of aromatic amines is 2. The van der Waals surface area contributed by atoms with Gasteiger partial charge < -0.3 is 10.3 Å². The third kappa shape index (κ3) is 3.15. The highest BCUT2D eigenvalue weighted by atomic mass is 16.1. The van der Waals surface area contributed by atoms with Crippen LogP contribution in [-0.2, 0) is 4.79 Å².